The first kappa shape index (κ1) is 19.1. The molecule has 5 heteroatoms. The summed E-state index contributed by atoms with van der Waals surface area (Å²) in [5.41, 5.74) is 3.67. The maximum atomic E-state index is 13.9. The van der Waals surface area contributed by atoms with Gasteiger partial charge >= 0.3 is 0 Å². The largest absolute Gasteiger partial charge is 0.497 e. The van der Waals surface area contributed by atoms with Gasteiger partial charge in [0.15, 0.2) is 5.78 Å². The fourth-order valence-electron chi connectivity index (χ4n) is 4.40. The van der Waals surface area contributed by atoms with Crippen LogP contribution >= 0.6 is 0 Å². The standard InChI is InChI=1S/C24H21FN2O2/c1-14-20(13-26)23(16-4-3-5-18(25)10-16)24-21(27-14)11-17(12-22(24)28)15-6-8-19(29-2)9-7-15/h3-10,17,20,23H,11-12H2,1-2H3/t17-,20?,23-/m0/s1. The molecule has 146 valence electrons. The van der Waals surface area contributed by atoms with Gasteiger partial charge < -0.3 is 4.74 Å². The number of nitriles is 1. The number of Topliss-reactive ketones (excluding diaryl/α,β-unsaturated/α-hetero) is 1. The molecule has 2 aromatic rings. The van der Waals surface area contributed by atoms with Crippen molar-refractivity contribution < 1.29 is 13.9 Å². The number of nitrogens with zero attached hydrogens (tertiary/aromatic N) is 2. The van der Waals surface area contributed by atoms with Crippen molar-refractivity contribution in [3.05, 3.63) is 76.7 Å². The fraction of sp³-hybridized carbons (Fsp3) is 0.292. The highest BCUT2D eigenvalue weighted by molar-refractivity contribution is 6.03. The maximum absolute atomic E-state index is 13.9. The van der Waals surface area contributed by atoms with E-state index in [1.165, 1.54) is 12.1 Å². The number of hydrogen-bond acceptors (Lipinski definition) is 4. The lowest BCUT2D eigenvalue weighted by Gasteiger charge is -2.35. The van der Waals surface area contributed by atoms with Gasteiger partial charge in [0.25, 0.3) is 0 Å². The Morgan fingerprint density at radius 1 is 1.14 bits per heavy atom. The number of rotatable bonds is 3. The van der Waals surface area contributed by atoms with Gasteiger partial charge in [-0.2, -0.15) is 5.26 Å². The van der Waals surface area contributed by atoms with Gasteiger partial charge in [-0.1, -0.05) is 24.3 Å². The van der Waals surface area contributed by atoms with Crippen LogP contribution in [0.3, 0.4) is 0 Å². The molecule has 29 heavy (non-hydrogen) atoms. The van der Waals surface area contributed by atoms with E-state index >= 15 is 0 Å². The molecule has 2 aliphatic rings. The van der Waals surface area contributed by atoms with Crippen LogP contribution in [-0.2, 0) is 4.79 Å². The van der Waals surface area contributed by atoms with Crippen molar-refractivity contribution in [2.24, 2.45) is 10.9 Å². The minimum Gasteiger partial charge on any atom is -0.497 e. The van der Waals surface area contributed by atoms with Crippen LogP contribution in [0.2, 0.25) is 0 Å². The number of ketones is 1. The van der Waals surface area contributed by atoms with Crippen LogP contribution in [0.4, 0.5) is 4.39 Å². The third-order valence-corrected chi connectivity index (χ3v) is 5.82. The molecule has 0 saturated heterocycles. The number of methoxy groups -OCH3 is 1. The second-order valence-corrected chi connectivity index (χ2v) is 7.55. The molecular weight excluding hydrogens is 367 g/mol. The van der Waals surface area contributed by atoms with E-state index in [-0.39, 0.29) is 17.5 Å². The summed E-state index contributed by atoms with van der Waals surface area (Å²) >= 11 is 0. The Kier molecular flexibility index (Phi) is 5.02. The summed E-state index contributed by atoms with van der Waals surface area (Å²) < 4.78 is 19.1. The zero-order chi connectivity index (χ0) is 20.5. The SMILES string of the molecule is COc1ccc([C@@H]2CC(=O)C3=C(C2)N=C(C)C(C#N)[C@@H]3c2cccc(F)c2)cc1. The van der Waals surface area contributed by atoms with Gasteiger partial charge in [-0.15, -0.1) is 0 Å². The Balaban J connectivity index is 1.76. The molecular formula is C24H21FN2O2. The first-order valence-corrected chi connectivity index (χ1v) is 9.62. The first-order valence-electron chi connectivity index (χ1n) is 9.62. The quantitative estimate of drug-likeness (QED) is 0.749. The zero-order valence-corrected chi connectivity index (χ0v) is 16.4. The summed E-state index contributed by atoms with van der Waals surface area (Å²) in [6, 6.07) is 16.2. The van der Waals surface area contributed by atoms with Gasteiger partial charge in [0, 0.05) is 29.3 Å². The summed E-state index contributed by atoms with van der Waals surface area (Å²) in [7, 11) is 1.62. The lowest BCUT2D eigenvalue weighted by Crippen LogP contribution is -2.32. The van der Waals surface area contributed by atoms with Crippen LogP contribution in [-0.4, -0.2) is 18.6 Å². The van der Waals surface area contributed by atoms with Gasteiger partial charge in [-0.05, 0) is 54.7 Å². The Morgan fingerprint density at radius 3 is 2.55 bits per heavy atom. The van der Waals surface area contributed by atoms with Crippen molar-refractivity contribution >= 4 is 11.5 Å². The molecule has 1 unspecified atom stereocenters. The highest BCUT2D eigenvalue weighted by atomic mass is 19.1. The minimum absolute atomic E-state index is 0.0159. The zero-order valence-electron chi connectivity index (χ0n) is 16.4. The van der Waals surface area contributed by atoms with Crippen molar-refractivity contribution in [2.45, 2.75) is 31.6 Å². The van der Waals surface area contributed by atoms with E-state index in [9.17, 15) is 14.4 Å². The van der Waals surface area contributed by atoms with Crippen molar-refractivity contribution in [3.63, 3.8) is 0 Å². The molecule has 0 bridgehead atoms. The van der Waals surface area contributed by atoms with Crippen LogP contribution in [0, 0.1) is 23.1 Å². The van der Waals surface area contributed by atoms with E-state index in [1.54, 1.807) is 19.2 Å². The van der Waals surface area contributed by atoms with E-state index < -0.39 is 11.8 Å². The summed E-state index contributed by atoms with van der Waals surface area (Å²) in [5.74, 6) is -0.649. The molecule has 0 aromatic heterocycles. The maximum Gasteiger partial charge on any atom is 0.161 e. The monoisotopic (exact) mass is 388 g/mol. The van der Waals surface area contributed by atoms with Crippen LogP contribution in [0.1, 0.15) is 42.7 Å². The third-order valence-electron chi connectivity index (χ3n) is 5.82. The smallest absolute Gasteiger partial charge is 0.161 e. The molecule has 2 aromatic carbocycles. The molecule has 4 rings (SSSR count). The summed E-state index contributed by atoms with van der Waals surface area (Å²) in [6.45, 7) is 1.81. The van der Waals surface area contributed by atoms with Gasteiger partial charge in [-0.3, -0.25) is 9.79 Å². The summed E-state index contributed by atoms with van der Waals surface area (Å²) in [6.07, 6.45) is 0.971. The number of aliphatic imine (C=N–C) groups is 1. The number of benzene rings is 2. The van der Waals surface area contributed by atoms with Gasteiger partial charge in [-0.25, -0.2) is 4.39 Å². The Morgan fingerprint density at radius 2 is 1.90 bits per heavy atom. The van der Waals surface area contributed by atoms with Gasteiger partial charge in [0.05, 0.1) is 19.1 Å². The number of allylic oxidation sites excluding steroid dienone is 2. The second kappa shape index (κ2) is 7.63. The molecule has 1 aliphatic carbocycles. The molecule has 1 heterocycles. The lowest BCUT2D eigenvalue weighted by atomic mass is 9.69. The number of carbonyl (C=O) groups is 1. The molecule has 0 amide bonds. The average molecular weight is 388 g/mol. The van der Waals surface area contributed by atoms with Crippen LogP contribution in [0.15, 0.2) is 64.8 Å². The van der Waals surface area contributed by atoms with Crippen molar-refractivity contribution in [1.29, 1.82) is 5.26 Å². The number of hydrogen-bond donors (Lipinski definition) is 0. The number of ether oxygens (including phenoxy) is 1. The Hall–Kier alpha value is -3.26. The van der Waals surface area contributed by atoms with E-state index in [4.69, 9.17) is 4.74 Å². The molecule has 1 aliphatic heterocycles. The van der Waals surface area contributed by atoms with Crippen LogP contribution in [0.5, 0.6) is 5.75 Å². The highest BCUT2D eigenvalue weighted by Crippen LogP contribution is 2.46. The normalized spacial score (nSPS) is 23.9. The molecule has 3 atom stereocenters. The molecule has 0 radical (unpaired) electrons. The average Bonchev–Trinajstić information content (AvgIpc) is 2.72. The topological polar surface area (TPSA) is 62.4 Å². The van der Waals surface area contributed by atoms with E-state index in [0.717, 1.165) is 17.0 Å². The van der Waals surface area contributed by atoms with Gasteiger partial charge in [0.2, 0.25) is 0 Å². The van der Waals surface area contributed by atoms with Crippen molar-refractivity contribution in [2.75, 3.05) is 7.11 Å². The van der Waals surface area contributed by atoms with Crippen molar-refractivity contribution in [1.82, 2.24) is 0 Å². The van der Waals surface area contributed by atoms with E-state index in [0.29, 0.717) is 29.7 Å². The summed E-state index contributed by atoms with van der Waals surface area (Å²) in [4.78, 5) is 17.9. The third kappa shape index (κ3) is 3.47. The molecule has 0 saturated carbocycles. The van der Waals surface area contributed by atoms with E-state index in [2.05, 4.69) is 11.1 Å². The van der Waals surface area contributed by atoms with Crippen molar-refractivity contribution in [3.8, 4) is 11.8 Å². The first-order chi connectivity index (χ1) is 14.0. The van der Waals surface area contributed by atoms with Crippen LogP contribution < -0.4 is 4.74 Å². The second-order valence-electron chi connectivity index (χ2n) is 7.55. The van der Waals surface area contributed by atoms with E-state index in [1.807, 2.05) is 31.2 Å². The molecule has 0 fully saturated rings. The van der Waals surface area contributed by atoms with Gasteiger partial charge in [0.1, 0.15) is 11.6 Å². The number of halogens is 1. The Labute approximate surface area is 169 Å². The molecule has 0 N–H and O–H groups in total. The lowest BCUT2D eigenvalue weighted by molar-refractivity contribution is -0.116. The predicted octanol–water partition coefficient (Wildman–Crippen LogP) is 4.93. The Bertz CT molecular complexity index is 1060. The predicted molar refractivity (Wildman–Crippen MR) is 108 cm³/mol. The molecule has 0 spiro atoms. The highest BCUT2D eigenvalue weighted by Gasteiger charge is 2.41. The molecule has 4 nitrogen and oxygen atoms in total. The fourth-order valence-corrected chi connectivity index (χ4v) is 4.40. The summed E-state index contributed by atoms with van der Waals surface area (Å²) in [5, 5.41) is 9.75. The van der Waals surface area contributed by atoms with Crippen LogP contribution in [0.25, 0.3) is 0 Å². The number of carbonyl (C=O) groups excluding carboxylic acids is 1. The minimum atomic E-state index is -0.572.